The zero-order chi connectivity index (χ0) is 15.8. The second-order valence-electron chi connectivity index (χ2n) is 5.38. The summed E-state index contributed by atoms with van der Waals surface area (Å²) in [6.45, 7) is 3.45. The third kappa shape index (κ3) is 4.62. The SMILES string of the molecule is CCCCN(C)C(=O)c1ccc(OCc2ccccc2)cc1. The number of benzene rings is 2. The Balaban J connectivity index is 1.91. The van der Waals surface area contributed by atoms with Crippen LogP contribution in [0, 0.1) is 0 Å². The highest BCUT2D eigenvalue weighted by molar-refractivity contribution is 5.94. The van der Waals surface area contributed by atoms with Crippen molar-refractivity contribution in [1.82, 2.24) is 4.90 Å². The van der Waals surface area contributed by atoms with Crippen molar-refractivity contribution in [3.8, 4) is 5.75 Å². The van der Waals surface area contributed by atoms with E-state index < -0.39 is 0 Å². The maximum atomic E-state index is 12.2. The second-order valence-corrected chi connectivity index (χ2v) is 5.38. The number of unbranched alkanes of at least 4 members (excludes halogenated alkanes) is 1. The number of carbonyl (C=O) groups excluding carboxylic acids is 1. The van der Waals surface area contributed by atoms with Crippen LogP contribution in [0.5, 0.6) is 5.75 Å². The molecule has 2 aromatic carbocycles. The fourth-order valence-corrected chi connectivity index (χ4v) is 2.15. The van der Waals surface area contributed by atoms with Crippen molar-refractivity contribution in [3.63, 3.8) is 0 Å². The van der Waals surface area contributed by atoms with Gasteiger partial charge in [-0.1, -0.05) is 43.7 Å². The molecule has 0 N–H and O–H groups in total. The summed E-state index contributed by atoms with van der Waals surface area (Å²) in [6.07, 6.45) is 2.12. The predicted octanol–water partition coefficient (Wildman–Crippen LogP) is 4.14. The van der Waals surface area contributed by atoms with Crippen LogP contribution in [0.15, 0.2) is 54.6 Å². The first kappa shape index (κ1) is 16.1. The molecule has 0 fully saturated rings. The van der Waals surface area contributed by atoms with Crippen molar-refractivity contribution in [2.24, 2.45) is 0 Å². The largest absolute Gasteiger partial charge is 0.489 e. The van der Waals surface area contributed by atoms with Crippen molar-refractivity contribution in [1.29, 1.82) is 0 Å². The molecule has 3 heteroatoms. The lowest BCUT2D eigenvalue weighted by atomic mass is 10.2. The molecule has 1 amide bonds. The topological polar surface area (TPSA) is 29.5 Å². The Morgan fingerprint density at radius 3 is 2.36 bits per heavy atom. The standard InChI is InChI=1S/C19H23NO2/c1-3-4-14-20(2)19(21)17-10-12-18(13-11-17)22-15-16-8-6-5-7-9-16/h5-13H,3-4,14-15H2,1-2H3. The van der Waals surface area contributed by atoms with Crippen molar-refractivity contribution in [3.05, 3.63) is 65.7 Å². The van der Waals surface area contributed by atoms with E-state index in [-0.39, 0.29) is 5.91 Å². The lowest BCUT2D eigenvalue weighted by Gasteiger charge is -2.17. The summed E-state index contributed by atoms with van der Waals surface area (Å²) in [4.78, 5) is 14.0. The van der Waals surface area contributed by atoms with Crippen LogP contribution in [0.1, 0.15) is 35.7 Å². The van der Waals surface area contributed by atoms with Crippen LogP contribution in [-0.4, -0.2) is 24.4 Å². The fraction of sp³-hybridized carbons (Fsp3) is 0.316. The highest BCUT2D eigenvalue weighted by atomic mass is 16.5. The summed E-state index contributed by atoms with van der Waals surface area (Å²) in [6, 6.07) is 17.4. The maximum absolute atomic E-state index is 12.2. The molecular weight excluding hydrogens is 274 g/mol. The van der Waals surface area contributed by atoms with Crippen LogP contribution in [0.25, 0.3) is 0 Å². The van der Waals surface area contributed by atoms with Gasteiger partial charge in [0.1, 0.15) is 12.4 Å². The Bertz CT molecular complexity index is 578. The zero-order valence-electron chi connectivity index (χ0n) is 13.3. The summed E-state index contributed by atoms with van der Waals surface area (Å²) >= 11 is 0. The van der Waals surface area contributed by atoms with E-state index in [2.05, 4.69) is 6.92 Å². The van der Waals surface area contributed by atoms with Gasteiger partial charge >= 0.3 is 0 Å². The van der Waals surface area contributed by atoms with E-state index in [4.69, 9.17) is 4.74 Å². The van der Waals surface area contributed by atoms with Gasteiger partial charge < -0.3 is 9.64 Å². The Morgan fingerprint density at radius 1 is 1.05 bits per heavy atom. The Kier molecular flexibility index (Phi) is 6.01. The summed E-state index contributed by atoms with van der Waals surface area (Å²) < 4.78 is 5.73. The maximum Gasteiger partial charge on any atom is 0.253 e. The molecule has 0 aliphatic rings. The average Bonchev–Trinajstić information content (AvgIpc) is 2.58. The van der Waals surface area contributed by atoms with Crippen molar-refractivity contribution in [2.75, 3.05) is 13.6 Å². The quantitative estimate of drug-likeness (QED) is 0.768. The minimum absolute atomic E-state index is 0.0584. The van der Waals surface area contributed by atoms with Gasteiger partial charge in [0.05, 0.1) is 0 Å². The molecule has 0 aromatic heterocycles. The van der Waals surface area contributed by atoms with Crippen LogP contribution >= 0.6 is 0 Å². The van der Waals surface area contributed by atoms with Crippen LogP contribution < -0.4 is 4.74 Å². The third-order valence-corrected chi connectivity index (χ3v) is 3.54. The monoisotopic (exact) mass is 297 g/mol. The average molecular weight is 297 g/mol. The van der Waals surface area contributed by atoms with Gasteiger partial charge in [-0.25, -0.2) is 0 Å². The van der Waals surface area contributed by atoms with E-state index in [9.17, 15) is 4.79 Å². The van der Waals surface area contributed by atoms with Gasteiger partial charge in [-0.3, -0.25) is 4.79 Å². The van der Waals surface area contributed by atoms with Gasteiger partial charge in [0.15, 0.2) is 0 Å². The molecule has 2 aromatic rings. The number of ether oxygens (including phenoxy) is 1. The lowest BCUT2D eigenvalue weighted by Crippen LogP contribution is -2.27. The smallest absolute Gasteiger partial charge is 0.253 e. The number of rotatable bonds is 7. The molecule has 116 valence electrons. The van der Waals surface area contributed by atoms with Gasteiger partial charge in [-0.2, -0.15) is 0 Å². The minimum atomic E-state index is 0.0584. The van der Waals surface area contributed by atoms with Crippen molar-refractivity contribution in [2.45, 2.75) is 26.4 Å². The number of nitrogens with zero attached hydrogens (tertiary/aromatic N) is 1. The summed E-state index contributed by atoms with van der Waals surface area (Å²) in [7, 11) is 1.85. The first-order valence-corrected chi connectivity index (χ1v) is 7.73. The van der Waals surface area contributed by atoms with E-state index in [1.54, 1.807) is 4.90 Å². The Morgan fingerprint density at radius 2 is 1.73 bits per heavy atom. The van der Waals surface area contributed by atoms with E-state index in [1.807, 2.05) is 61.6 Å². The zero-order valence-corrected chi connectivity index (χ0v) is 13.3. The summed E-state index contributed by atoms with van der Waals surface area (Å²) in [5.41, 5.74) is 1.83. The molecule has 0 radical (unpaired) electrons. The molecule has 0 spiro atoms. The highest BCUT2D eigenvalue weighted by Crippen LogP contribution is 2.15. The van der Waals surface area contributed by atoms with Gasteiger partial charge in [-0.15, -0.1) is 0 Å². The minimum Gasteiger partial charge on any atom is -0.489 e. The number of hydrogen-bond acceptors (Lipinski definition) is 2. The molecule has 22 heavy (non-hydrogen) atoms. The number of hydrogen-bond donors (Lipinski definition) is 0. The molecule has 2 rings (SSSR count). The van der Waals surface area contributed by atoms with Crippen LogP contribution in [0.2, 0.25) is 0 Å². The molecule has 0 unspecified atom stereocenters. The molecule has 0 saturated heterocycles. The molecule has 3 nitrogen and oxygen atoms in total. The van der Waals surface area contributed by atoms with Gasteiger partial charge in [0.25, 0.3) is 5.91 Å². The van der Waals surface area contributed by atoms with E-state index in [1.165, 1.54) is 0 Å². The van der Waals surface area contributed by atoms with E-state index in [0.717, 1.165) is 30.7 Å². The molecule has 0 aliphatic carbocycles. The molecule has 0 atom stereocenters. The predicted molar refractivity (Wildman–Crippen MR) is 89.1 cm³/mol. The number of amides is 1. The fourth-order valence-electron chi connectivity index (χ4n) is 2.15. The Labute approximate surface area is 132 Å². The summed E-state index contributed by atoms with van der Waals surface area (Å²) in [5, 5.41) is 0. The first-order valence-electron chi connectivity index (χ1n) is 7.73. The molecule has 0 bridgehead atoms. The second kappa shape index (κ2) is 8.23. The molecule has 0 heterocycles. The normalized spacial score (nSPS) is 10.3. The Hall–Kier alpha value is -2.29. The van der Waals surface area contributed by atoms with Crippen LogP contribution in [-0.2, 0) is 6.61 Å². The molecular formula is C19H23NO2. The van der Waals surface area contributed by atoms with E-state index >= 15 is 0 Å². The van der Waals surface area contributed by atoms with Crippen molar-refractivity contribution >= 4 is 5.91 Å². The lowest BCUT2D eigenvalue weighted by molar-refractivity contribution is 0.0793. The van der Waals surface area contributed by atoms with Gasteiger partial charge in [-0.05, 0) is 36.2 Å². The first-order chi connectivity index (χ1) is 10.7. The van der Waals surface area contributed by atoms with Gasteiger partial charge in [0.2, 0.25) is 0 Å². The van der Waals surface area contributed by atoms with Crippen LogP contribution in [0.3, 0.4) is 0 Å². The molecule has 0 aliphatic heterocycles. The highest BCUT2D eigenvalue weighted by Gasteiger charge is 2.10. The third-order valence-electron chi connectivity index (χ3n) is 3.54. The summed E-state index contributed by atoms with van der Waals surface area (Å²) in [5.74, 6) is 0.833. The van der Waals surface area contributed by atoms with Crippen LogP contribution in [0.4, 0.5) is 0 Å². The van der Waals surface area contributed by atoms with E-state index in [0.29, 0.717) is 12.2 Å². The number of carbonyl (C=O) groups is 1. The molecule has 0 saturated carbocycles. The van der Waals surface area contributed by atoms with Crippen molar-refractivity contribution < 1.29 is 9.53 Å². The van der Waals surface area contributed by atoms with Gasteiger partial charge in [0, 0.05) is 19.2 Å².